The highest BCUT2D eigenvalue weighted by molar-refractivity contribution is 7.17. The van der Waals surface area contributed by atoms with E-state index in [0.717, 1.165) is 35.9 Å². The highest BCUT2D eigenvalue weighted by atomic mass is 32.1. The molecule has 0 spiro atoms. The summed E-state index contributed by atoms with van der Waals surface area (Å²) in [4.78, 5) is 18.8. The zero-order valence-electron chi connectivity index (χ0n) is 10.9. The molecule has 19 heavy (non-hydrogen) atoms. The standard InChI is InChI=1S/C15H16N2OS/c1-11(18)14-9-16-15(19-14)17-8-4-7-12-5-2-3-6-13(12)10-17/h2-3,5-6,9H,4,7-8,10H2,1H3. The van der Waals surface area contributed by atoms with Crippen LogP contribution in [-0.4, -0.2) is 17.3 Å². The molecule has 98 valence electrons. The molecule has 0 radical (unpaired) electrons. The fourth-order valence-corrected chi connectivity index (χ4v) is 3.27. The van der Waals surface area contributed by atoms with Crippen LogP contribution in [0.5, 0.6) is 0 Å². The Labute approximate surface area is 116 Å². The minimum Gasteiger partial charge on any atom is -0.344 e. The van der Waals surface area contributed by atoms with Gasteiger partial charge in [-0.1, -0.05) is 35.6 Å². The number of aromatic nitrogens is 1. The smallest absolute Gasteiger partial charge is 0.186 e. The molecule has 1 aromatic heterocycles. The second-order valence-electron chi connectivity index (χ2n) is 4.86. The van der Waals surface area contributed by atoms with Crippen LogP contribution in [-0.2, 0) is 13.0 Å². The van der Waals surface area contributed by atoms with E-state index in [1.165, 1.54) is 22.5 Å². The molecule has 0 amide bonds. The molecular formula is C15H16N2OS. The zero-order chi connectivity index (χ0) is 13.2. The first-order valence-electron chi connectivity index (χ1n) is 6.52. The molecule has 0 aliphatic carbocycles. The number of fused-ring (bicyclic) bond motifs is 1. The van der Waals surface area contributed by atoms with E-state index in [1.54, 1.807) is 13.1 Å². The van der Waals surface area contributed by atoms with Crippen molar-refractivity contribution in [3.63, 3.8) is 0 Å². The Bertz CT molecular complexity index is 606. The van der Waals surface area contributed by atoms with Crippen molar-refractivity contribution in [2.24, 2.45) is 0 Å². The van der Waals surface area contributed by atoms with Gasteiger partial charge in [0.2, 0.25) is 0 Å². The van der Waals surface area contributed by atoms with Gasteiger partial charge in [0.1, 0.15) is 0 Å². The van der Waals surface area contributed by atoms with Gasteiger partial charge >= 0.3 is 0 Å². The molecule has 3 nitrogen and oxygen atoms in total. The predicted octanol–water partition coefficient (Wildman–Crippen LogP) is 3.30. The Morgan fingerprint density at radius 1 is 1.32 bits per heavy atom. The minimum atomic E-state index is 0.0963. The van der Waals surface area contributed by atoms with E-state index in [2.05, 4.69) is 34.1 Å². The van der Waals surface area contributed by atoms with Crippen molar-refractivity contribution in [1.29, 1.82) is 0 Å². The lowest BCUT2D eigenvalue weighted by molar-refractivity contribution is 0.102. The summed E-state index contributed by atoms with van der Waals surface area (Å²) in [7, 11) is 0. The van der Waals surface area contributed by atoms with E-state index < -0.39 is 0 Å². The van der Waals surface area contributed by atoms with E-state index in [0.29, 0.717) is 0 Å². The maximum Gasteiger partial charge on any atom is 0.186 e. The fourth-order valence-electron chi connectivity index (χ4n) is 2.44. The number of carbonyl (C=O) groups is 1. The first-order valence-corrected chi connectivity index (χ1v) is 7.34. The third kappa shape index (κ3) is 2.54. The van der Waals surface area contributed by atoms with Crippen molar-refractivity contribution in [2.45, 2.75) is 26.3 Å². The van der Waals surface area contributed by atoms with Crippen molar-refractivity contribution in [3.05, 3.63) is 46.5 Å². The lowest BCUT2D eigenvalue weighted by Crippen LogP contribution is -2.22. The molecule has 3 rings (SSSR count). The van der Waals surface area contributed by atoms with Crippen LogP contribution in [0.1, 0.15) is 34.1 Å². The maximum atomic E-state index is 11.4. The van der Waals surface area contributed by atoms with E-state index >= 15 is 0 Å². The summed E-state index contributed by atoms with van der Waals surface area (Å²) in [5.41, 5.74) is 2.81. The fraction of sp³-hybridized carbons (Fsp3) is 0.333. The topological polar surface area (TPSA) is 33.2 Å². The van der Waals surface area contributed by atoms with Crippen LogP contribution in [0.3, 0.4) is 0 Å². The number of carbonyl (C=O) groups excluding carboxylic acids is 1. The Kier molecular flexibility index (Phi) is 3.34. The molecule has 0 fully saturated rings. The van der Waals surface area contributed by atoms with Gasteiger partial charge in [0.15, 0.2) is 10.9 Å². The number of anilines is 1. The Hall–Kier alpha value is -1.68. The molecule has 0 saturated carbocycles. The summed E-state index contributed by atoms with van der Waals surface area (Å²) in [5, 5.41) is 0.960. The molecule has 0 atom stereocenters. The van der Waals surface area contributed by atoms with Crippen LogP contribution in [0.25, 0.3) is 0 Å². The highest BCUT2D eigenvalue weighted by Gasteiger charge is 2.17. The van der Waals surface area contributed by atoms with Gasteiger partial charge in [0.05, 0.1) is 11.1 Å². The third-order valence-corrected chi connectivity index (χ3v) is 4.62. The molecular weight excluding hydrogens is 256 g/mol. The number of thiazole rings is 1. The van der Waals surface area contributed by atoms with Gasteiger partial charge in [-0.3, -0.25) is 4.79 Å². The van der Waals surface area contributed by atoms with Crippen molar-refractivity contribution in [3.8, 4) is 0 Å². The van der Waals surface area contributed by atoms with Crippen LogP contribution >= 0.6 is 11.3 Å². The predicted molar refractivity (Wildman–Crippen MR) is 77.9 cm³/mol. The van der Waals surface area contributed by atoms with Gasteiger partial charge < -0.3 is 4.90 Å². The molecule has 0 bridgehead atoms. The zero-order valence-corrected chi connectivity index (χ0v) is 11.7. The third-order valence-electron chi connectivity index (χ3n) is 3.46. The summed E-state index contributed by atoms with van der Waals surface area (Å²) in [5.74, 6) is 0.0963. The summed E-state index contributed by atoms with van der Waals surface area (Å²) in [6, 6.07) is 8.59. The van der Waals surface area contributed by atoms with Gasteiger partial charge in [0.25, 0.3) is 0 Å². The van der Waals surface area contributed by atoms with Crippen LogP contribution in [0.15, 0.2) is 30.5 Å². The summed E-state index contributed by atoms with van der Waals surface area (Å²) in [6.07, 6.45) is 3.95. The van der Waals surface area contributed by atoms with Crippen molar-refractivity contribution < 1.29 is 4.79 Å². The van der Waals surface area contributed by atoms with E-state index in [-0.39, 0.29) is 5.78 Å². The number of Topliss-reactive ketones (excluding diaryl/α,β-unsaturated/α-hetero) is 1. The number of hydrogen-bond acceptors (Lipinski definition) is 4. The lowest BCUT2D eigenvalue weighted by Gasteiger charge is -2.19. The highest BCUT2D eigenvalue weighted by Crippen LogP contribution is 2.27. The Morgan fingerprint density at radius 2 is 2.11 bits per heavy atom. The molecule has 0 saturated heterocycles. The number of hydrogen-bond donors (Lipinski definition) is 0. The molecule has 4 heteroatoms. The first kappa shape index (κ1) is 12.4. The van der Waals surface area contributed by atoms with Gasteiger partial charge in [-0.25, -0.2) is 4.98 Å². The molecule has 0 unspecified atom stereocenters. The average Bonchev–Trinajstić information content (AvgIpc) is 2.80. The molecule has 0 N–H and O–H groups in total. The number of rotatable bonds is 2. The summed E-state index contributed by atoms with van der Waals surface area (Å²) < 4.78 is 0. The van der Waals surface area contributed by atoms with Crippen molar-refractivity contribution in [1.82, 2.24) is 4.98 Å². The Balaban J connectivity index is 1.87. The number of nitrogens with zero attached hydrogens (tertiary/aromatic N) is 2. The number of aryl methyl sites for hydroxylation is 1. The first-order chi connectivity index (χ1) is 9.24. The molecule has 1 aromatic carbocycles. The van der Waals surface area contributed by atoms with Crippen molar-refractivity contribution in [2.75, 3.05) is 11.4 Å². The largest absolute Gasteiger partial charge is 0.344 e. The SMILES string of the molecule is CC(=O)c1cnc(N2CCCc3ccccc3C2)s1. The second kappa shape index (κ2) is 5.13. The average molecular weight is 272 g/mol. The molecule has 2 heterocycles. The number of benzene rings is 1. The van der Waals surface area contributed by atoms with Gasteiger partial charge in [-0.2, -0.15) is 0 Å². The van der Waals surface area contributed by atoms with Crippen LogP contribution in [0.4, 0.5) is 5.13 Å². The monoisotopic (exact) mass is 272 g/mol. The summed E-state index contributed by atoms with van der Waals surface area (Å²) in [6.45, 7) is 3.48. The minimum absolute atomic E-state index is 0.0963. The maximum absolute atomic E-state index is 11.4. The second-order valence-corrected chi connectivity index (χ2v) is 5.87. The molecule has 1 aliphatic heterocycles. The molecule has 2 aromatic rings. The van der Waals surface area contributed by atoms with Crippen molar-refractivity contribution >= 4 is 22.3 Å². The van der Waals surface area contributed by atoms with E-state index in [9.17, 15) is 4.79 Å². The van der Waals surface area contributed by atoms with Gasteiger partial charge in [-0.05, 0) is 24.0 Å². The van der Waals surface area contributed by atoms with Gasteiger partial charge in [0, 0.05) is 20.0 Å². The normalized spacial score (nSPS) is 14.9. The van der Waals surface area contributed by atoms with E-state index in [1.807, 2.05) is 0 Å². The summed E-state index contributed by atoms with van der Waals surface area (Å²) >= 11 is 1.50. The molecule has 1 aliphatic rings. The Morgan fingerprint density at radius 3 is 2.84 bits per heavy atom. The van der Waals surface area contributed by atoms with Crippen LogP contribution in [0, 0.1) is 0 Å². The quantitative estimate of drug-likeness (QED) is 0.786. The van der Waals surface area contributed by atoms with Crippen LogP contribution in [0.2, 0.25) is 0 Å². The van der Waals surface area contributed by atoms with E-state index in [4.69, 9.17) is 0 Å². The number of ketones is 1. The van der Waals surface area contributed by atoms with Crippen LogP contribution < -0.4 is 4.90 Å². The van der Waals surface area contributed by atoms with Gasteiger partial charge in [-0.15, -0.1) is 0 Å². The lowest BCUT2D eigenvalue weighted by atomic mass is 10.0.